The standard InChI is InChI=1S/C16H18BrF7N2O2/c1-4-27-12-6-10(5-11(17)13(12)28-8-9(2)3)7-25-26-16(23,24)14(18,19)15(20,21)22/h5-7,9,26H,4,8H2,1-3H3/b25-7-. The summed E-state index contributed by atoms with van der Waals surface area (Å²) in [6.07, 6.45) is -5.79. The van der Waals surface area contributed by atoms with Gasteiger partial charge in [-0.2, -0.15) is 35.8 Å². The van der Waals surface area contributed by atoms with E-state index in [-0.39, 0.29) is 23.8 Å². The lowest BCUT2D eigenvalue weighted by atomic mass is 10.2. The first-order valence-electron chi connectivity index (χ1n) is 7.94. The van der Waals surface area contributed by atoms with Crippen LogP contribution in [0.5, 0.6) is 11.5 Å². The molecule has 0 heterocycles. The second-order valence-electron chi connectivity index (χ2n) is 5.98. The van der Waals surface area contributed by atoms with Gasteiger partial charge in [0.25, 0.3) is 0 Å². The van der Waals surface area contributed by atoms with Crippen molar-refractivity contribution in [3.05, 3.63) is 22.2 Å². The van der Waals surface area contributed by atoms with E-state index in [2.05, 4.69) is 21.0 Å². The fourth-order valence-corrected chi connectivity index (χ4v) is 2.33. The molecule has 1 N–H and O–H groups in total. The van der Waals surface area contributed by atoms with Gasteiger partial charge < -0.3 is 9.47 Å². The minimum absolute atomic E-state index is 0.0887. The monoisotopic (exact) mass is 482 g/mol. The Morgan fingerprint density at radius 3 is 2.21 bits per heavy atom. The summed E-state index contributed by atoms with van der Waals surface area (Å²) < 4.78 is 99.6. The zero-order valence-corrected chi connectivity index (χ0v) is 16.6. The lowest BCUT2D eigenvalue weighted by Gasteiger charge is -2.27. The van der Waals surface area contributed by atoms with Gasteiger partial charge in [0, 0.05) is 0 Å². The van der Waals surface area contributed by atoms with Crippen LogP contribution >= 0.6 is 15.9 Å². The largest absolute Gasteiger partial charge is 0.490 e. The van der Waals surface area contributed by atoms with Crippen LogP contribution in [0.2, 0.25) is 0 Å². The molecule has 0 saturated carbocycles. The van der Waals surface area contributed by atoms with Crippen molar-refractivity contribution in [1.29, 1.82) is 0 Å². The quantitative estimate of drug-likeness (QED) is 0.215. The number of hydrogen-bond donors (Lipinski definition) is 1. The van der Waals surface area contributed by atoms with Crippen LogP contribution in [-0.4, -0.2) is 37.6 Å². The van der Waals surface area contributed by atoms with Gasteiger partial charge in [-0.1, -0.05) is 13.8 Å². The number of rotatable bonds is 9. The molecule has 0 aliphatic rings. The molecule has 1 aromatic rings. The molecule has 1 aromatic carbocycles. The lowest BCUT2D eigenvalue weighted by molar-refractivity contribution is -0.361. The van der Waals surface area contributed by atoms with Crippen LogP contribution in [-0.2, 0) is 0 Å². The van der Waals surface area contributed by atoms with Gasteiger partial charge in [-0.05, 0) is 46.5 Å². The molecular formula is C16H18BrF7N2O2. The predicted octanol–water partition coefficient (Wildman–Crippen LogP) is 5.60. The van der Waals surface area contributed by atoms with Crippen molar-refractivity contribution in [3.63, 3.8) is 0 Å². The maximum absolute atomic E-state index is 13.2. The maximum atomic E-state index is 13.2. The third kappa shape index (κ3) is 5.89. The molecule has 1 rings (SSSR count). The van der Waals surface area contributed by atoms with Crippen LogP contribution in [0, 0.1) is 5.92 Å². The van der Waals surface area contributed by atoms with Crippen molar-refractivity contribution in [2.75, 3.05) is 13.2 Å². The Morgan fingerprint density at radius 2 is 1.71 bits per heavy atom. The summed E-state index contributed by atoms with van der Waals surface area (Å²) >= 11 is 3.20. The van der Waals surface area contributed by atoms with Crippen molar-refractivity contribution in [2.45, 2.75) is 38.9 Å². The molecule has 0 amide bonds. The minimum atomic E-state index is -6.44. The molecule has 28 heavy (non-hydrogen) atoms. The van der Waals surface area contributed by atoms with Gasteiger partial charge in [0.05, 0.1) is 23.9 Å². The molecule has 0 aliphatic heterocycles. The van der Waals surface area contributed by atoms with E-state index in [0.717, 1.165) is 0 Å². The summed E-state index contributed by atoms with van der Waals surface area (Å²) in [5.41, 5.74) is 0.647. The van der Waals surface area contributed by atoms with Crippen LogP contribution in [0.1, 0.15) is 26.3 Å². The molecule has 0 spiro atoms. The van der Waals surface area contributed by atoms with Gasteiger partial charge in [0.2, 0.25) is 0 Å². The van der Waals surface area contributed by atoms with Crippen LogP contribution in [0.15, 0.2) is 21.7 Å². The molecule has 0 saturated heterocycles. The van der Waals surface area contributed by atoms with E-state index in [1.807, 2.05) is 13.8 Å². The number of hydrazone groups is 1. The second-order valence-corrected chi connectivity index (χ2v) is 6.84. The lowest BCUT2D eigenvalue weighted by Crippen LogP contribution is -2.58. The smallest absolute Gasteiger partial charge is 0.462 e. The number of hydrogen-bond acceptors (Lipinski definition) is 4. The number of nitrogens with one attached hydrogen (secondary N) is 1. The Kier molecular flexibility index (Phi) is 7.98. The van der Waals surface area contributed by atoms with Gasteiger partial charge in [-0.15, -0.1) is 0 Å². The third-order valence-electron chi connectivity index (χ3n) is 3.06. The summed E-state index contributed by atoms with van der Waals surface area (Å²) in [6.45, 7) is 6.10. The van der Waals surface area contributed by atoms with Gasteiger partial charge in [-0.25, -0.2) is 5.43 Å². The number of ether oxygens (including phenoxy) is 2. The number of benzene rings is 1. The molecule has 12 heteroatoms. The van der Waals surface area contributed by atoms with E-state index in [1.165, 1.54) is 12.1 Å². The molecular weight excluding hydrogens is 465 g/mol. The highest BCUT2D eigenvalue weighted by atomic mass is 79.9. The number of alkyl halides is 7. The Morgan fingerprint density at radius 1 is 1.11 bits per heavy atom. The molecule has 0 aliphatic carbocycles. The Balaban J connectivity index is 3.05. The molecule has 160 valence electrons. The summed E-state index contributed by atoms with van der Waals surface area (Å²) in [7, 11) is 0. The molecule has 0 radical (unpaired) electrons. The summed E-state index contributed by atoms with van der Waals surface area (Å²) in [6, 6.07) is -2.97. The fraction of sp³-hybridized carbons (Fsp3) is 0.562. The van der Waals surface area contributed by atoms with E-state index in [4.69, 9.17) is 9.47 Å². The Bertz CT molecular complexity index is 694. The van der Waals surface area contributed by atoms with Crippen molar-refractivity contribution in [2.24, 2.45) is 11.0 Å². The highest BCUT2D eigenvalue weighted by Gasteiger charge is 2.73. The Labute approximate surface area is 165 Å². The summed E-state index contributed by atoms with van der Waals surface area (Å²) in [4.78, 5) is 0. The van der Waals surface area contributed by atoms with E-state index < -0.39 is 18.1 Å². The van der Waals surface area contributed by atoms with E-state index >= 15 is 0 Å². The number of nitrogens with zero attached hydrogens (tertiary/aromatic N) is 1. The molecule has 0 aromatic heterocycles. The zero-order valence-electron chi connectivity index (χ0n) is 15.0. The summed E-state index contributed by atoms with van der Waals surface area (Å²) in [5.74, 6) is -5.56. The average molecular weight is 483 g/mol. The highest BCUT2D eigenvalue weighted by molar-refractivity contribution is 9.10. The SMILES string of the molecule is CCOc1cc(/C=N\NC(F)(F)C(F)(F)C(F)(F)F)cc(Br)c1OCC(C)C. The number of halogens is 8. The first-order chi connectivity index (χ1) is 12.7. The van der Waals surface area contributed by atoms with Gasteiger partial charge in [0.15, 0.2) is 11.5 Å². The highest BCUT2D eigenvalue weighted by Crippen LogP contribution is 2.45. The first kappa shape index (κ1) is 24.3. The van der Waals surface area contributed by atoms with E-state index in [0.29, 0.717) is 28.5 Å². The molecule has 0 fully saturated rings. The van der Waals surface area contributed by atoms with Crippen LogP contribution < -0.4 is 14.9 Å². The third-order valence-corrected chi connectivity index (χ3v) is 3.65. The van der Waals surface area contributed by atoms with E-state index in [9.17, 15) is 30.7 Å². The molecule has 4 nitrogen and oxygen atoms in total. The van der Waals surface area contributed by atoms with Gasteiger partial charge >= 0.3 is 18.1 Å². The molecule has 0 atom stereocenters. The van der Waals surface area contributed by atoms with Gasteiger partial charge in [-0.3, -0.25) is 0 Å². The molecule has 0 unspecified atom stereocenters. The first-order valence-corrected chi connectivity index (χ1v) is 8.74. The fourth-order valence-electron chi connectivity index (χ4n) is 1.75. The van der Waals surface area contributed by atoms with Crippen LogP contribution in [0.3, 0.4) is 0 Å². The average Bonchev–Trinajstić information content (AvgIpc) is 2.52. The maximum Gasteiger partial charge on any atom is 0.462 e. The minimum Gasteiger partial charge on any atom is -0.490 e. The zero-order chi connectivity index (χ0) is 21.8. The van der Waals surface area contributed by atoms with Crippen molar-refractivity contribution in [3.8, 4) is 11.5 Å². The van der Waals surface area contributed by atoms with Crippen LogP contribution in [0.4, 0.5) is 30.7 Å². The predicted molar refractivity (Wildman–Crippen MR) is 92.3 cm³/mol. The summed E-state index contributed by atoms with van der Waals surface area (Å²) in [5, 5.41) is 2.82. The van der Waals surface area contributed by atoms with Crippen molar-refractivity contribution >= 4 is 22.1 Å². The van der Waals surface area contributed by atoms with Crippen molar-refractivity contribution < 1.29 is 40.2 Å². The Hall–Kier alpha value is -1.72. The van der Waals surface area contributed by atoms with E-state index in [1.54, 1.807) is 6.92 Å². The van der Waals surface area contributed by atoms with Gasteiger partial charge in [0.1, 0.15) is 0 Å². The molecule has 0 bridgehead atoms. The topological polar surface area (TPSA) is 42.8 Å². The second kappa shape index (κ2) is 9.19. The normalized spacial score (nSPS) is 13.3. The van der Waals surface area contributed by atoms with Crippen LogP contribution in [0.25, 0.3) is 0 Å². The van der Waals surface area contributed by atoms with Crippen molar-refractivity contribution in [1.82, 2.24) is 5.43 Å².